The summed E-state index contributed by atoms with van der Waals surface area (Å²) in [6.45, 7) is 0. The SMILES string of the molecule is COc1ccc(-c2cnc3c(ccn3-c3ccc(O)cc3)c2)cc1OC. The quantitative estimate of drug-likeness (QED) is 0.594. The highest BCUT2D eigenvalue weighted by atomic mass is 16.5. The highest BCUT2D eigenvalue weighted by Gasteiger charge is 2.10. The molecule has 0 spiro atoms. The number of hydrogen-bond donors (Lipinski definition) is 1. The van der Waals surface area contributed by atoms with E-state index in [1.54, 1.807) is 26.4 Å². The predicted octanol–water partition coefficient (Wildman–Crippen LogP) is 4.42. The molecule has 2 aromatic carbocycles. The normalized spacial score (nSPS) is 10.8. The van der Waals surface area contributed by atoms with Gasteiger partial charge in [-0.25, -0.2) is 4.98 Å². The van der Waals surface area contributed by atoms with Gasteiger partial charge in [-0.1, -0.05) is 6.07 Å². The predicted molar refractivity (Wildman–Crippen MR) is 101 cm³/mol. The van der Waals surface area contributed by atoms with Gasteiger partial charge in [0.2, 0.25) is 0 Å². The lowest BCUT2D eigenvalue weighted by molar-refractivity contribution is 0.355. The molecule has 4 aromatic rings. The first-order valence-corrected chi connectivity index (χ1v) is 8.18. The largest absolute Gasteiger partial charge is 0.508 e. The van der Waals surface area contributed by atoms with Crippen molar-refractivity contribution in [1.82, 2.24) is 9.55 Å². The molecule has 0 bridgehead atoms. The number of rotatable bonds is 4. The van der Waals surface area contributed by atoms with E-state index in [2.05, 4.69) is 11.1 Å². The van der Waals surface area contributed by atoms with Crippen LogP contribution >= 0.6 is 0 Å². The fourth-order valence-electron chi connectivity index (χ4n) is 3.02. The van der Waals surface area contributed by atoms with Crippen LogP contribution in [0.3, 0.4) is 0 Å². The van der Waals surface area contributed by atoms with E-state index in [0.29, 0.717) is 11.5 Å². The number of nitrogens with zero attached hydrogens (tertiary/aromatic N) is 2. The number of ether oxygens (including phenoxy) is 2. The fourth-order valence-corrected chi connectivity index (χ4v) is 3.02. The lowest BCUT2D eigenvalue weighted by atomic mass is 10.1. The second-order valence-electron chi connectivity index (χ2n) is 5.91. The second-order valence-corrected chi connectivity index (χ2v) is 5.91. The number of methoxy groups -OCH3 is 2. The summed E-state index contributed by atoms with van der Waals surface area (Å²) in [4.78, 5) is 4.64. The van der Waals surface area contributed by atoms with Gasteiger partial charge in [-0.2, -0.15) is 0 Å². The average Bonchev–Trinajstić information content (AvgIpc) is 3.11. The van der Waals surface area contributed by atoms with Crippen LogP contribution in [0.4, 0.5) is 0 Å². The molecule has 0 aliphatic carbocycles. The molecule has 2 aromatic heterocycles. The van der Waals surface area contributed by atoms with Gasteiger partial charge >= 0.3 is 0 Å². The van der Waals surface area contributed by atoms with Crippen molar-refractivity contribution in [3.63, 3.8) is 0 Å². The van der Waals surface area contributed by atoms with Crippen LogP contribution in [0.2, 0.25) is 0 Å². The van der Waals surface area contributed by atoms with Crippen LogP contribution in [-0.4, -0.2) is 28.9 Å². The van der Waals surface area contributed by atoms with Crippen LogP contribution < -0.4 is 9.47 Å². The maximum atomic E-state index is 9.47. The maximum Gasteiger partial charge on any atom is 0.161 e. The minimum Gasteiger partial charge on any atom is -0.508 e. The number of phenolic OH excluding ortho intramolecular Hbond substituents is 1. The summed E-state index contributed by atoms with van der Waals surface area (Å²) >= 11 is 0. The van der Waals surface area contributed by atoms with Gasteiger partial charge < -0.3 is 19.1 Å². The molecule has 130 valence electrons. The van der Waals surface area contributed by atoms with Crippen molar-refractivity contribution in [3.8, 4) is 34.1 Å². The Bertz CT molecular complexity index is 1070. The minimum absolute atomic E-state index is 0.244. The molecule has 1 N–H and O–H groups in total. The lowest BCUT2D eigenvalue weighted by Crippen LogP contribution is -1.94. The van der Waals surface area contributed by atoms with Gasteiger partial charge in [0.15, 0.2) is 11.5 Å². The topological polar surface area (TPSA) is 56.5 Å². The molecule has 0 unspecified atom stereocenters. The molecule has 0 radical (unpaired) electrons. The van der Waals surface area contributed by atoms with Crippen molar-refractivity contribution in [1.29, 1.82) is 0 Å². The highest BCUT2D eigenvalue weighted by molar-refractivity contribution is 5.83. The summed E-state index contributed by atoms with van der Waals surface area (Å²) in [6, 6.07) is 17.0. The molecular weight excluding hydrogens is 328 g/mol. The van der Waals surface area contributed by atoms with Crippen LogP contribution in [0.5, 0.6) is 17.2 Å². The Morgan fingerprint density at radius 3 is 2.35 bits per heavy atom. The molecule has 0 amide bonds. The molecular formula is C21H18N2O3. The second kappa shape index (κ2) is 6.44. The van der Waals surface area contributed by atoms with E-state index in [1.807, 2.05) is 53.4 Å². The molecule has 26 heavy (non-hydrogen) atoms. The molecule has 4 rings (SSSR count). The number of benzene rings is 2. The Kier molecular flexibility index (Phi) is 3.97. The Balaban J connectivity index is 1.76. The smallest absolute Gasteiger partial charge is 0.161 e. The Morgan fingerprint density at radius 1 is 0.846 bits per heavy atom. The first kappa shape index (κ1) is 16.0. The van der Waals surface area contributed by atoms with Gasteiger partial charge in [0.1, 0.15) is 11.4 Å². The summed E-state index contributed by atoms with van der Waals surface area (Å²) in [5.41, 5.74) is 3.82. The van der Waals surface area contributed by atoms with Crippen molar-refractivity contribution in [2.45, 2.75) is 0 Å². The molecule has 5 nitrogen and oxygen atoms in total. The van der Waals surface area contributed by atoms with Crippen LogP contribution in [0.1, 0.15) is 0 Å². The zero-order valence-corrected chi connectivity index (χ0v) is 14.5. The molecule has 0 atom stereocenters. The lowest BCUT2D eigenvalue weighted by Gasteiger charge is -2.10. The van der Waals surface area contributed by atoms with Crippen molar-refractivity contribution >= 4 is 11.0 Å². The van der Waals surface area contributed by atoms with Crippen LogP contribution in [0.25, 0.3) is 27.8 Å². The number of fused-ring (bicyclic) bond motifs is 1. The third-order valence-corrected chi connectivity index (χ3v) is 4.37. The Hall–Kier alpha value is -3.47. The van der Waals surface area contributed by atoms with Crippen molar-refractivity contribution < 1.29 is 14.6 Å². The third-order valence-electron chi connectivity index (χ3n) is 4.37. The number of aromatic hydroxyl groups is 1. The van der Waals surface area contributed by atoms with Crippen LogP contribution in [-0.2, 0) is 0 Å². The summed E-state index contributed by atoms with van der Waals surface area (Å²) in [5.74, 6) is 1.63. The van der Waals surface area contributed by atoms with E-state index in [4.69, 9.17) is 9.47 Å². The van der Waals surface area contributed by atoms with Crippen molar-refractivity contribution in [3.05, 3.63) is 67.0 Å². The number of aromatic nitrogens is 2. The molecule has 0 fully saturated rings. The number of hydrogen-bond acceptors (Lipinski definition) is 4. The first-order valence-electron chi connectivity index (χ1n) is 8.18. The van der Waals surface area contributed by atoms with Crippen molar-refractivity contribution in [2.24, 2.45) is 0 Å². The van der Waals surface area contributed by atoms with E-state index in [1.165, 1.54) is 0 Å². The van der Waals surface area contributed by atoms with Gasteiger partial charge in [-0.05, 0) is 54.1 Å². The van der Waals surface area contributed by atoms with Crippen molar-refractivity contribution in [2.75, 3.05) is 14.2 Å². The third kappa shape index (κ3) is 2.73. The summed E-state index contributed by atoms with van der Waals surface area (Å²) < 4.78 is 12.7. The minimum atomic E-state index is 0.244. The van der Waals surface area contributed by atoms with Gasteiger partial charge in [-0.3, -0.25) is 0 Å². The van der Waals surface area contributed by atoms with E-state index < -0.39 is 0 Å². The van der Waals surface area contributed by atoms with E-state index in [0.717, 1.165) is 27.8 Å². The standard InChI is InChI=1S/C21H18N2O3/c1-25-19-8-3-14(12-20(19)26-2)16-11-15-9-10-23(21(15)22-13-16)17-4-6-18(24)7-5-17/h3-13,24H,1-2H3. The molecule has 0 saturated carbocycles. The first-order chi connectivity index (χ1) is 12.7. The molecule has 0 aliphatic heterocycles. The summed E-state index contributed by atoms with van der Waals surface area (Å²) in [6.07, 6.45) is 3.82. The summed E-state index contributed by atoms with van der Waals surface area (Å²) in [5, 5.41) is 10.5. The molecule has 0 aliphatic rings. The van der Waals surface area contributed by atoms with E-state index in [9.17, 15) is 5.11 Å². The van der Waals surface area contributed by atoms with Gasteiger partial charge in [0.25, 0.3) is 0 Å². The highest BCUT2D eigenvalue weighted by Crippen LogP contribution is 2.33. The van der Waals surface area contributed by atoms with Crippen LogP contribution in [0, 0.1) is 0 Å². The van der Waals surface area contributed by atoms with E-state index >= 15 is 0 Å². The maximum absolute atomic E-state index is 9.47. The molecule has 5 heteroatoms. The molecule has 0 saturated heterocycles. The monoisotopic (exact) mass is 346 g/mol. The fraction of sp³-hybridized carbons (Fsp3) is 0.0952. The van der Waals surface area contributed by atoms with E-state index in [-0.39, 0.29) is 5.75 Å². The van der Waals surface area contributed by atoms with Gasteiger partial charge in [0, 0.05) is 29.0 Å². The Morgan fingerprint density at radius 2 is 1.62 bits per heavy atom. The average molecular weight is 346 g/mol. The summed E-state index contributed by atoms with van der Waals surface area (Å²) in [7, 11) is 3.25. The zero-order valence-electron chi connectivity index (χ0n) is 14.5. The molecule has 2 heterocycles. The van der Waals surface area contributed by atoms with Gasteiger partial charge in [-0.15, -0.1) is 0 Å². The van der Waals surface area contributed by atoms with Gasteiger partial charge in [0.05, 0.1) is 14.2 Å². The Labute approximate surface area is 151 Å². The van der Waals surface area contributed by atoms with Crippen LogP contribution in [0.15, 0.2) is 67.0 Å². The number of phenols is 1. The number of pyridine rings is 1. The zero-order chi connectivity index (χ0) is 18.1.